The Hall–Kier alpha value is -1.00. The van der Waals surface area contributed by atoms with Crippen molar-refractivity contribution in [3.05, 3.63) is 22.8 Å². The molecule has 1 aromatic rings. The molecule has 1 aromatic heterocycles. The molecule has 0 atom stereocenters. The molecule has 0 radical (unpaired) electrons. The smallest absolute Gasteiger partial charge is 0.128 e. The lowest BCUT2D eigenvalue weighted by Crippen LogP contribution is -2.20. The maximum Gasteiger partial charge on any atom is 0.128 e. The van der Waals surface area contributed by atoms with Crippen molar-refractivity contribution in [3.8, 4) is 0 Å². The second-order valence-corrected chi connectivity index (χ2v) is 3.81. The summed E-state index contributed by atoms with van der Waals surface area (Å²) >= 11 is 0. The summed E-state index contributed by atoms with van der Waals surface area (Å²) < 4.78 is 4.98. The normalized spacial score (nSPS) is 10.8. The topological polar surface area (TPSA) is 47.0 Å². The summed E-state index contributed by atoms with van der Waals surface area (Å²) in [6, 6.07) is 0. The fourth-order valence-corrected chi connectivity index (χ4v) is 1.61. The van der Waals surface area contributed by atoms with E-state index >= 15 is 0 Å². The Bertz CT molecular complexity index is 316. The Balaban J connectivity index is 2.65. The molecule has 0 saturated carbocycles. The maximum absolute atomic E-state index is 4.98. The summed E-state index contributed by atoms with van der Waals surface area (Å²) in [5.74, 6) is 0.927. The first-order chi connectivity index (χ1) is 7.69. The van der Waals surface area contributed by atoms with Gasteiger partial charge in [0.2, 0.25) is 0 Å². The lowest BCUT2D eigenvalue weighted by Gasteiger charge is -2.11. The van der Waals surface area contributed by atoms with Crippen molar-refractivity contribution in [2.75, 3.05) is 20.3 Å². The largest absolute Gasteiger partial charge is 0.383 e. The number of hydrogen-bond donors (Lipinski definition) is 1. The minimum Gasteiger partial charge on any atom is -0.383 e. The van der Waals surface area contributed by atoms with Crippen LogP contribution in [-0.4, -0.2) is 30.2 Å². The third-order valence-electron chi connectivity index (χ3n) is 2.57. The highest BCUT2D eigenvalue weighted by Crippen LogP contribution is 2.10. The van der Waals surface area contributed by atoms with Crippen LogP contribution in [0.4, 0.5) is 0 Å². The zero-order valence-electron chi connectivity index (χ0n) is 10.6. The van der Waals surface area contributed by atoms with Gasteiger partial charge in [0.05, 0.1) is 6.61 Å². The number of aryl methyl sites for hydroxylation is 3. The van der Waals surface area contributed by atoms with E-state index in [0.29, 0.717) is 0 Å². The average molecular weight is 223 g/mol. The van der Waals surface area contributed by atoms with Crippen LogP contribution in [0.15, 0.2) is 0 Å². The molecule has 0 fully saturated rings. The van der Waals surface area contributed by atoms with Gasteiger partial charge >= 0.3 is 0 Å². The molecule has 0 saturated heterocycles. The van der Waals surface area contributed by atoms with Crippen molar-refractivity contribution in [1.29, 1.82) is 0 Å². The van der Waals surface area contributed by atoms with Gasteiger partial charge in [0.15, 0.2) is 0 Å². The average Bonchev–Trinajstić information content (AvgIpc) is 2.26. The molecule has 0 aliphatic rings. The lowest BCUT2D eigenvalue weighted by molar-refractivity contribution is 0.199. The van der Waals surface area contributed by atoms with E-state index in [9.17, 15) is 0 Å². The Kier molecular flexibility index (Phi) is 5.35. The summed E-state index contributed by atoms with van der Waals surface area (Å²) in [6.07, 6.45) is 0.888. The van der Waals surface area contributed by atoms with Crippen LogP contribution in [0.5, 0.6) is 0 Å². The summed E-state index contributed by atoms with van der Waals surface area (Å²) in [5, 5.41) is 3.32. The van der Waals surface area contributed by atoms with Gasteiger partial charge in [-0.05, 0) is 13.8 Å². The molecule has 1 N–H and O–H groups in total. The fraction of sp³-hybridized carbons (Fsp3) is 0.667. The van der Waals surface area contributed by atoms with Gasteiger partial charge in [-0.25, -0.2) is 9.97 Å². The number of nitrogens with zero attached hydrogens (tertiary/aromatic N) is 2. The molecule has 90 valence electrons. The van der Waals surface area contributed by atoms with Crippen molar-refractivity contribution in [1.82, 2.24) is 15.3 Å². The van der Waals surface area contributed by atoms with E-state index in [1.54, 1.807) is 7.11 Å². The van der Waals surface area contributed by atoms with Gasteiger partial charge < -0.3 is 10.1 Å². The quantitative estimate of drug-likeness (QED) is 0.740. The molecule has 0 unspecified atom stereocenters. The van der Waals surface area contributed by atoms with Gasteiger partial charge in [-0.2, -0.15) is 0 Å². The van der Waals surface area contributed by atoms with Gasteiger partial charge in [0.1, 0.15) is 5.82 Å². The van der Waals surface area contributed by atoms with Gasteiger partial charge in [0, 0.05) is 43.6 Å². The Morgan fingerprint density at radius 3 is 2.31 bits per heavy atom. The van der Waals surface area contributed by atoms with Crippen LogP contribution in [0.1, 0.15) is 29.7 Å². The van der Waals surface area contributed by atoms with Crippen LogP contribution in [0.25, 0.3) is 0 Å². The van der Waals surface area contributed by atoms with E-state index in [4.69, 9.17) is 4.74 Å². The van der Waals surface area contributed by atoms with Crippen LogP contribution in [-0.2, 0) is 17.7 Å². The summed E-state index contributed by atoms with van der Waals surface area (Å²) in [7, 11) is 1.71. The van der Waals surface area contributed by atoms with Crippen molar-refractivity contribution in [2.45, 2.75) is 33.7 Å². The molecule has 0 amide bonds. The highest BCUT2D eigenvalue weighted by Gasteiger charge is 2.06. The predicted molar refractivity (Wildman–Crippen MR) is 64.5 cm³/mol. The Morgan fingerprint density at radius 2 is 1.81 bits per heavy atom. The molecule has 4 nitrogen and oxygen atoms in total. The SMILES string of the molecule is CCc1nc(C)c(CNCCOC)c(C)n1. The van der Waals surface area contributed by atoms with Gasteiger partial charge in [-0.1, -0.05) is 6.92 Å². The highest BCUT2D eigenvalue weighted by atomic mass is 16.5. The van der Waals surface area contributed by atoms with E-state index in [1.807, 2.05) is 13.8 Å². The molecule has 0 aromatic carbocycles. The van der Waals surface area contributed by atoms with Gasteiger partial charge in [0.25, 0.3) is 0 Å². The first-order valence-corrected chi connectivity index (χ1v) is 5.71. The zero-order valence-corrected chi connectivity index (χ0v) is 10.6. The minimum absolute atomic E-state index is 0.728. The van der Waals surface area contributed by atoms with E-state index in [-0.39, 0.29) is 0 Å². The minimum atomic E-state index is 0.728. The summed E-state index contributed by atoms with van der Waals surface area (Å²) in [5.41, 5.74) is 3.36. The molecule has 4 heteroatoms. The Labute approximate surface area is 97.5 Å². The molecular weight excluding hydrogens is 202 g/mol. The van der Waals surface area contributed by atoms with E-state index in [1.165, 1.54) is 5.56 Å². The van der Waals surface area contributed by atoms with Crippen molar-refractivity contribution in [3.63, 3.8) is 0 Å². The number of methoxy groups -OCH3 is 1. The monoisotopic (exact) mass is 223 g/mol. The van der Waals surface area contributed by atoms with Crippen LogP contribution in [0.3, 0.4) is 0 Å². The highest BCUT2D eigenvalue weighted by molar-refractivity contribution is 5.24. The molecule has 0 bridgehead atoms. The van der Waals surface area contributed by atoms with E-state index in [2.05, 4.69) is 22.2 Å². The van der Waals surface area contributed by atoms with Crippen LogP contribution >= 0.6 is 0 Å². The Morgan fingerprint density at radius 1 is 1.19 bits per heavy atom. The summed E-state index contributed by atoms with van der Waals surface area (Å²) in [4.78, 5) is 8.94. The second kappa shape index (κ2) is 6.55. The number of hydrogen-bond acceptors (Lipinski definition) is 4. The van der Waals surface area contributed by atoms with Gasteiger partial charge in [-0.3, -0.25) is 0 Å². The third-order valence-corrected chi connectivity index (χ3v) is 2.57. The van der Waals surface area contributed by atoms with Crippen molar-refractivity contribution < 1.29 is 4.74 Å². The van der Waals surface area contributed by atoms with Crippen molar-refractivity contribution >= 4 is 0 Å². The maximum atomic E-state index is 4.98. The molecular formula is C12H21N3O. The lowest BCUT2D eigenvalue weighted by atomic mass is 10.1. The molecule has 16 heavy (non-hydrogen) atoms. The predicted octanol–water partition coefficient (Wildman–Crippen LogP) is 1.39. The molecule has 1 rings (SSSR count). The number of nitrogens with one attached hydrogen (secondary N) is 1. The first-order valence-electron chi connectivity index (χ1n) is 5.71. The molecule has 0 aliphatic carbocycles. The number of rotatable bonds is 6. The molecule has 0 aliphatic heterocycles. The first kappa shape index (κ1) is 13.1. The van der Waals surface area contributed by atoms with Crippen LogP contribution in [0.2, 0.25) is 0 Å². The standard InChI is InChI=1S/C12H21N3O/c1-5-12-14-9(2)11(10(3)15-12)8-13-6-7-16-4/h13H,5-8H2,1-4H3. The zero-order chi connectivity index (χ0) is 12.0. The van der Waals surface area contributed by atoms with Gasteiger partial charge in [-0.15, -0.1) is 0 Å². The molecule has 0 spiro atoms. The van der Waals surface area contributed by atoms with Crippen LogP contribution < -0.4 is 5.32 Å². The number of ether oxygens (including phenoxy) is 1. The second-order valence-electron chi connectivity index (χ2n) is 3.81. The van der Waals surface area contributed by atoms with E-state index in [0.717, 1.165) is 43.3 Å². The third kappa shape index (κ3) is 3.54. The molecule has 1 heterocycles. The summed E-state index contributed by atoms with van der Waals surface area (Å²) in [6.45, 7) is 8.55. The van der Waals surface area contributed by atoms with Crippen LogP contribution in [0, 0.1) is 13.8 Å². The van der Waals surface area contributed by atoms with Crippen molar-refractivity contribution in [2.24, 2.45) is 0 Å². The fourth-order valence-electron chi connectivity index (χ4n) is 1.61. The van der Waals surface area contributed by atoms with E-state index < -0.39 is 0 Å². The number of aromatic nitrogens is 2.